The first-order chi connectivity index (χ1) is 20.2. The minimum atomic E-state index is 0.727. The number of rotatable bonds is 12. The van der Waals surface area contributed by atoms with Crippen LogP contribution in [0.3, 0.4) is 0 Å². The fraction of sp³-hybridized carbons (Fsp3) is 0.257. The number of unbranched alkanes of at least 4 members (excludes halogenated alkanes) is 2. The molecule has 0 amide bonds. The summed E-state index contributed by atoms with van der Waals surface area (Å²) in [4.78, 5) is 16.3. The zero-order valence-electron chi connectivity index (χ0n) is 23.7. The second-order valence-corrected chi connectivity index (χ2v) is 10.8. The van der Waals surface area contributed by atoms with Gasteiger partial charge in [0, 0.05) is 12.8 Å². The van der Waals surface area contributed by atoms with Gasteiger partial charge in [0.2, 0.25) is 0 Å². The lowest BCUT2D eigenvalue weighted by Gasteiger charge is -2.08. The van der Waals surface area contributed by atoms with Crippen LogP contribution >= 0.6 is 0 Å². The van der Waals surface area contributed by atoms with Crippen molar-refractivity contribution >= 4 is 21.8 Å². The van der Waals surface area contributed by atoms with Crippen molar-refractivity contribution in [2.45, 2.75) is 38.5 Å². The monoisotopic (exact) mass is 542 g/mol. The summed E-state index contributed by atoms with van der Waals surface area (Å²) in [6, 6.07) is 28.7. The molecule has 6 aromatic rings. The Balaban J connectivity index is 1.16. The summed E-state index contributed by atoms with van der Waals surface area (Å²) in [7, 11) is 1.99. The summed E-state index contributed by atoms with van der Waals surface area (Å²) in [5, 5.41) is 5.66. The van der Waals surface area contributed by atoms with E-state index in [2.05, 4.69) is 99.1 Å². The van der Waals surface area contributed by atoms with Crippen LogP contribution in [0.2, 0.25) is 0 Å². The lowest BCUT2D eigenvalue weighted by atomic mass is 9.97. The van der Waals surface area contributed by atoms with Crippen LogP contribution in [0.4, 0.5) is 0 Å². The molecule has 6 heteroatoms. The van der Waals surface area contributed by atoms with Gasteiger partial charge in [0.15, 0.2) is 0 Å². The van der Waals surface area contributed by atoms with E-state index in [1.807, 2.05) is 13.2 Å². The molecule has 2 heterocycles. The van der Waals surface area contributed by atoms with E-state index in [4.69, 9.17) is 10.7 Å². The quantitative estimate of drug-likeness (QED) is 0.122. The molecular weight excluding hydrogens is 504 g/mol. The van der Waals surface area contributed by atoms with Gasteiger partial charge in [-0.3, -0.25) is 0 Å². The van der Waals surface area contributed by atoms with Crippen LogP contribution in [0.1, 0.15) is 37.3 Å². The molecule has 0 radical (unpaired) electrons. The van der Waals surface area contributed by atoms with E-state index >= 15 is 0 Å². The normalized spacial score (nSPS) is 11.6. The molecule has 208 valence electrons. The summed E-state index contributed by atoms with van der Waals surface area (Å²) in [5.74, 6) is 2.09. The van der Waals surface area contributed by atoms with Gasteiger partial charge in [0.25, 0.3) is 0 Å². The Labute approximate surface area is 241 Å². The zero-order chi connectivity index (χ0) is 28.0. The molecule has 0 saturated carbocycles. The molecule has 0 saturated heterocycles. The number of aromatic amines is 2. The van der Waals surface area contributed by atoms with Gasteiger partial charge in [-0.15, -0.1) is 0 Å². The molecule has 0 spiro atoms. The molecule has 0 aliphatic carbocycles. The van der Waals surface area contributed by atoms with Gasteiger partial charge >= 0.3 is 0 Å². The van der Waals surface area contributed by atoms with Gasteiger partial charge in [-0.05, 0) is 109 Å². The van der Waals surface area contributed by atoms with E-state index in [9.17, 15) is 0 Å². The summed E-state index contributed by atoms with van der Waals surface area (Å²) >= 11 is 0. The molecule has 2 aromatic heterocycles. The highest BCUT2D eigenvalue weighted by Crippen LogP contribution is 2.31. The van der Waals surface area contributed by atoms with E-state index in [1.54, 1.807) is 0 Å². The lowest BCUT2D eigenvalue weighted by Crippen LogP contribution is -2.07. The Kier molecular flexibility index (Phi) is 8.21. The molecular formula is C35H38N6. The molecule has 0 unspecified atom stereocenters. The van der Waals surface area contributed by atoms with Crippen LogP contribution in [0.5, 0.6) is 0 Å². The SMILES string of the molecule is CNCCCCc1ncc(-c2ccc(-c3ccc4cc(-c5ccc6nc(CCCCN)[nH]c6c5)ccc4c3)cc2)[nH]1. The fourth-order valence-corrected chi connectivity index (χ4v) is 5.47. The van der Waals surface area contributed by atoms with Crippen LogP contribution < -0.4 is 11.1 Å². The van der Waals surface area contributed by atoms with Crippen molar-refractivity contribution < 1.29 is 0 Å². The number of aryl methyl sites for hydroxylation is 2. The molecule has 4 aromatic carbocycles. The third-order valence-electron chi connectivity index (χ3n) is 7.82. The maximum atomic E-state index is 5.64. The van der Waals surface area contributed by atoms with Crippen LogP contribution in [-0.2, 0) is 12.8 Å². The Bertz CT molecular complexity index is 1740. The van der Waals surface area contributed by atoms with Gasteiger partial charge < -0.3 is 21.0 Å². The second kappa shape index (κ2) is 12.5. The summed E-state index contributed by atoms with van der Waals surface area (Å²) in [6.07, 6.45) is 8.23. The number of imidazole rings is 2. The summed E-state index contributed by atoms with van der Waals surface area (Å²) < 4.78 is 0. The van der Waals surface area contributed by atoms with E-state index in [0.29, 0.717) is 0 Å². The van der Waals surface area contributed by atoms with Crippen molar-refractivity contribution in [2.75, 3.05) is 20.1 Å². The Hall–Kier alpha value is -4.26. The van der Waals surface area contributed by atoms with Gasteiger partial charge in [-0.2, -0.15) is 0 Å². The number of aromatic nitrogens is 4. The molecule has 0 bridgehead atoms. The number of hydrogen-bond acceptors (Lipinski definition) is 4. The van der Waals surface area contributed by atoms with Crippen LogP contribution in [0, 0.1) is 0 Å². The summed E-state index contributed by atoms with van der Waals surface area (Å²) in [6.45, 7) is 1.77. The number of fused-ring (bicyclic) bond motifs is 2. The smallest absolute Gasteiger partial charge is 0.107 e. The number of benzene rings is 4. The maximum absolute atomic E-state index is 5.64. The van der Waals surface area contributed by atoms with Crippen molar-refractivity contribution in [3.05, 3.63) is 96.7 Å². The number of hydrogen-bond donors (Lipinski definition) is 4. The molecule has 0 aliphatic rings. The highest BCUT2D eigenvalue weighted by atomic mass is 14.9. The number of nitrogens with two attached hydrogens (primary N) is 1. The highest BCUT2D eigenvalue weighted by molar-refractivity contribution is 5.92. The predicted octanol–water partition coefficient (Wildman–Crippen LogP) is 7.26. The van der Waals surface area contributed by atoms with Crippen LogP contribution in [-0.4, -0.2) is 40.1 Å². The molecule has 6 nitrogen and oxygen atoms in total. The number of nitrogens with zero attached hydrogens (tertiary/aromatic N) is 2. The summed E-state index contributed by atoms with van der Waals surface area (Å²) in [5.41, 5.74) is 14.8. The zero-order valence-corrected chi connectivity index (χ0v) is 23.7. The third-order valence-corrected chi connectivity index (χ3v) is 7.82. The minimum Gasteiger partial charge on any atom is -0.342 e. The third kappa shape index (κ3) is 6.24. The first-order valence-corrected chi connectivity index (χ1v) is 14.7. The van der Waals surface area contributed by atoms with Gasteiger partial charge in [-0.1, -0.05) is 54.6 Å². The molecule has 6 rings (SSSR count). The van der Waals surface area contributed by atoms with Crippen molar-refractivity contribution in [3.63, 3.8) is 0 Å². The first kappa shape index (κ1) is 26.9. The Morgan fingerprint density at radius 3 is 2.05 bits per heavy atom. The highest BCUT2D eigenvalue weighted by Gasteiger charge is 2.08. The molecule has 41 heavy (non-hydrogen) atoms. The molecule has 0 atom stereocenters. The van der Waals surface area contributed by atoms with E-state index in [1.165, 1.54) is 33.0 Å². The first-order valence-electron chi connectivity index (χ1n) is 14.7. The van der Waals surface area contributed by atoms with Crippen molar-refractivity contribution in [3.8, 4) is 33.5 Å². The van der Waals surface area contributed by atoms with E-state index in [-0.39, 0.29) is 0 Å². The Morgan fingerprint density at radius 1 is 0.659 bits per heavy atom. The maximum Gasteiger partial charge on any atom is 0.107 e. The van der Waals surface area contributed by atoms with Crippen molar-refractivity contribution in [1.29, 1.82) is 0 Å². The molecule has 5 N–H and O–H groups in total. The lowest BCUT2D eigenvalue weighted by molar-refractivity contribution is 0.666. The van der Waals surface area contributed by atoms with Crippen molar-refractivity contribution in [2.24, 2.45) is 5.73 Å². The van der Waals surface area contributed by atoms with Crippen LogP contribution in [0.15, 0.2) is 85.1 Å². The minimum absolute atomic E-state index is 0.727. The van der Waals surface area contributed by atoms with E-state index < -0.39 is 0 Å². The standard InChI is InChI=1S/C35H38N6/c1-37-19-5-3-6-34-38-23-33(41-34)25-10-8-24(9-11-25)26-12-13-28-21-29(15-14-27(28)20-26)30-16-17-31-32(22-30)40-35(39-31)7-2-4-18-36/h8-17,20-23,37H,2-7,18-19,36H2,1H3,(H,38,41)(H,39,40). The predicted molar refractivity (Wildman–Crippen MR) is 171 cm³/mol. The largest absolute Gasteiger partial charge is 0.342 e. The molecule has 0 fully saturated rings. The Morgan fingerprint density at radius 2 is 1.29 bits per heavy atom. The van der Waals surface area contributed by atoms with Crippen molar-refractivity contribution in [1.82, 2.24) is 25.3 Å². The average molecular weight is 543 g/mol. The number of nitrogens with one attached hydrogen (secondary N) is 3. The van der Waals surface area contributed by atoms with E-state index in [0.717, 1.165) is 85.6 Å². The number of H-pyrrole nitrogens is 2. The average Bonchev–Trinajstić information content (AvgIpc) is 3.66. The van der Waals surface area contributed by atoms with Crippen LogP contribution in [0.25, 0.3) is 55.3 Å². The topological polar surface area (TPSA) is 95.4 Å². The second-order valence-electron chi connectivity index (χ2n) is 10.8. The molecule has 0 aliphatic heterocycles. The van der Waals surface area contributed by atoms with Gasteiger partial charge in [0.05, 0.1) is 22.9 Å². The van der Waals surface area contributed by atoms with Gasteiger partial charge in [-0.25, -0.2) is 9.97 Å². The van der Waals surface area contributed by atoms with Gasteiger partial charge in [0.1, 0.15) is 11.6 Å². The fourth-order valence-electron chi connectivity index (χ4n) is 5.47.